The fraction of sp³-hybridized carbons (Fsp3) is 0.308. The number of aromatic nitrogens is 1. The largest absolute Gasteiger partial charge is 0.344 e. The van der Waals surface area contributed by atoms with Crippen molar-refractivity contribution in [3.05, 3.63) is 35.5 Å². The van der Waals surface area contributed by atoms with Crippen LogP contribution in [-0.2, 0) is 11.9 Å². The number of nitrogens with zero attached hydrogens (tertiary/aromatic N) is 2. The van der Waals surface area contributed by atoms with Crippen LogP contribution in [0.3, 0.4) is 0 Å². The van der Waals surface area contributed by atoms with Gasteiger partial charge in [0.15, 0.2) is 0 Å². The normalized spacial score (nSPS) is 10.6. The Labute approximate surface area is 104 Å². The Morgan fingerprint density at radius 1 is 1.38 bits per heavy atom. The molecule has 0 bridgehead atoms. The Morgan fingerprint density at radius 2 is 2.19 bits per heavy atom. The summed E-state index contributed by atoms with van der Waals surface area (Å²) in [5.41, 5.74) is 3.16. The van der Waals surface area contributed by atoms with E-state index in [2.05, 4.69) is 39.6 Å². The second-order valence-electron chi connectivity index (χ2n) is 3.81. The van der Waals surface area contributed by atoms with Gasteiger partial charge >= 0.3 is 0 Å². The number of rotatable bonds is 3. The zero-order valence-electron chi connectivity index (χ0n) is 9.20. The first-order chi connectivity index (χ1) is 7.80. The first-order valence-electron chi connectivity index (χ1n) is 5.38. The molecule has 0 saturated heterocycles. The Morgan fingerprint density at radius 3 is 2.81 bits per heavy atom. The van der Waals surface area contributed by atoms with E-state index < -0.39 is 0 Å². The highest BCUT2D eigenvalue weighted by Gasteiger charge is 2.07. The van der Waals surface area contributed by atoms with Crippen molar-refractivity contribution in [1.29, 1.82) is 5.26 Å². The van der Waals surface area contributed by atoms with Crippen LogP contribution < -0.4 is 0 Å². The molecular formula is C13H13BrN2. The summed E-state index contributed by atoms with van der Waals surface area (Å²) < 4.78 is 2.28. The van der Waals surface area contributed by atoms with Crippen LogP contribution in [0, 0.1) is 11.3 Å². The molecule has 3 heteroatoms. The molecule has 2 nitrogen and oxygen atoms in total. The maximum Gasteiger partial charge on any atom is 0.0992 e. The molecule has 0 aliphatic rings. The van der Waals surface area contributed by atoms with Crippen LogP contribution in [0.1, 0.15) is 24.6 Å². The predicted molar refractivity (Wildman–Crippen MR) is 69.6 cm³/mol. The van der Waals surface area contributed by atoms with Crippen molar-refractivity contribution in [3.8, 4) is 6.07 Å². The van der Waals surface area contributed by atoms with Crippen molar-refractivity contribution >= 4 is 26.8 Å². The van der Waals surface area contributed by atoms with Crippen LogP contribution in [-0.4, -0.2) is 4.57 Å². The van der Waals surface area contributed by atoms with Crippen molar-refractivity contribution in [2.24, 2.45) is 0 Å². The smallest absolute Gasteiger partial charge is 0.0992 e. The molecule has 16 heavy (non-hydrogen) atoms. The van der Waals surface area contributed by atoms with Crippen molar-refractivity contribution in [2.45, 2.75) is 25.2 Å². The van der Waals surface area contributed by atoms with Gasteiger partial charge < -0.3 is 4.57 Å². The second kappa shape index (κ2) is 4.71. The van der Waals surface area contributed by atoms with Gasteiger partial charge in [0.1, 0.15) is 0 Å². The zero-order chi connectivity index (χ0) is 11.5. The van der Waals surface area contributed by atoms with Gasteiger partial charge in [0.2, 0.25) is 0 Å². The minimum absolute atomic E-state index is 0.726. The molecule has 0 amide bonds. The van der Waals surface area contributed by atoms with Gasteiger partial charge in [-0.2, -0.15) is 5.26 Å². The molecular weight excluding hydrogens is 264 g/mol. The summed E-state index contributed by atoms with van der Waals surface area (Å²) in [5, 5.41) is 11.0. The summed E-state index contributed by atoms with van der Waals surface area (Å²) in [7, 11) is 0. The predicted octanol–water partition coefficient (Wildman–Crippen LogP) is 3.82. The van der Waals surface area contributed by atoms with Gasteiger partial charge in [-0.25, -0.2) is 0 Å². The van der Waals surface area contributed by atoms with E-state index in [4.69, 9.17) is 5.26 Å². The van der Waals surface area contributed by atoms with Crippen molar-refractivity contribution in [1.82, 2.24) is 4.57 Å². The van der Waals surface area contributed by atoms with E-state index >= 15 is 0 Å². The second-order valence-corrected chi connectivity index (χ2v) is 4.37. The number of halogens is 1. The summed E-state index contributed by atoms with van der Waals surface area (Å²) >= 11 is 3.51. The maximum absolute atomic E-state index is 8.91. The van der Waals surface area contributed by atoms with Crippen molar-refractivity contribution in [2.75, 3.05) is 0 Å². The fourth-order valence-electron chi connectivity index (χ4n) is 1.98. The Hall–Kier alpha value is -1.27. The summed E-state index contributed by atoms with van der Waals surface area (Å²) in [6.07, 6.45) is 1.10. The van der Waals surface area contributed by atoms with E-state index in [1.807, 2.05) is 18.2 Å². The van der Waals surface area contributed by atoms with E-state index in [0.717, 1.165) is 29.4 Å². The number of alkyl halides is 1. The molecule has 0 atom stereocenters. The van der Waals surface area contributed by atoms with Gasteiger partial charge in [0.05, 0.1) is 11.6 Å². The van der Waals surface area contributed by atoms with Crippen LogP contribution >= 0.6 is 15.9 Å². The Kier molecular flexibility index (Phi) is 3.31. The van der Waals surface area contributed by atoms with Crippen LogP contribution in [0.2, 0.25) is 0 Å². The molecule has 2 rings (SSSR count). The van der Waals surface area contributed by atoms with Crippen LogP contribution in [0.4, 0.5) is 0 Å². The third-order valence-corrected chi connectivity index (χ3v) is 3.28. The lowest BCUT2D eigenvalue weighted by molar-refractivity contribution is 0.684. The molecule has 2 aromatic rings. The molecule has 1 aromatic carbocycles. The standard InChI is InChI=1S/C13H13BrN2/c1-2-5-16-12(8-14)7-11-4-3-10(9-15)6-13(11)16/h3-4,6-7H,2,5,8H2,1H3. The first kappa shape index (κ1) is 11.2. The number of nitriles is 1. The van der Waals surface area contributed by atoms with Crippen LogP contribution in [0.25, 0.3) is 10.9 Å². The highest BCUT2D eigenvalue weighted by atomic mass is 79.9. The summed E-state index contributed by atoms with van der Waals surface area (Å²) in [4.78, 5) is 0. The molecule has 82 valence electrons. The molecule has 0 N–H and O–H groups in total. The minimum atomic E-state index is 0.726. The molecule has 0 spiro atoms. The van der Waals surface area contributed by atoms with E-state index in [9.17, 15) is 0 Å². The van der Waals surface area contributed by atoms with E-state index in [-0.39, 0.29) is 0 Å². The van der Waals surface area contributed by atoms with Crippen molar-refractivity contribution in [3.63, 3.8) is 0 Å². The van der Waals surface area contributed by atoms with Gasteiger partial charge in [-0.05, 0) is 30.0 Å². The fourth-order valence-corrected chi connectivity index (χ4v) is 2.44. The molecule has 0 fully saturated rings. The summed E-state index contributed by atoms with van der Waals surface area (Å²) in [6.45, 7) is 3.16. The quantitative estimate of drug-likeness (QED) is 0.784. The summed E-state index contributed by atoms with van der Waals surface area (Å²) in [5.74, 6) is 0. The lowest BCUT2D eigenvalue weighted by atomic mass is 10.2. The van der Waals surface area contributed by atoms with E-state index in [0.29, 0.717) is 0 Å². The van der Waals surface area contributed by atoms with Gasteiger partial charge in [-0.3, -0.25) is 0 Å². The monoisotopic (exact) mass is 276 g/mol. The minimum Gasteiger partial charge on any atom is -0.344 e. The van der Waals surface area contributed by atoms with Gasteiger partial charge in [-0.1, -0.05) is 28.9 Å². The number of hydrogen-bond acceptors (Lipinski definition) is 1. The Bertz CT molecular complexity index is 549. The SMILES string of the molecule is CCCn1c(CBr)cc2ccc(C#N)cc21. The third-order valence-electron chi connectivity index (χ3n) is 2.70. The van der Waals surface area contributed by atoms with E-state index in [1.165, 1.54) is 11.1 Å². The van der Waals surface area contributed by atoms with Gasteiger partial charge in [0, 0.05) is 23.1 Å². The van der Waals surface area contributed by atoms with Gasteiger partial charge in [0.25, 0.3) is 0 Å². The summed E-state index contributed by atoms with van der Waals surface area (Å²) in [6, 6.07) is 10.2. The molecule has 1 heterocycles. The Balaban J connectivity index is 2.66. The number of hydrogen-bond donors (Lipinski definition) is 0. The van der Waals surface area contributed by atoms with Crippen LogP contribution in [0.15, 0.2) is 24.3 Å². The zero-order valence-corrected chi connectivity index (χ0v) is 10.8. The number of benzene rings is 1. The highest BCUT2D eigenvalue weighted by Crippen LogP contribution is 2.23. The maximum atomic E-state index is 8.91. The molecule has 0 saturated carbocycles. The van der Waals surface area contributed by atoms with Crippen molar-refractivity contribution < 1.29 is 0 Å². The topological polar surface area (TPSA) is 28.7 Å². The average molecular weight is 277 g/mol. The molecule has 0 aliphatic carbocycles. The molecule has 0 radical (unpaired) electrons. The third kappa shape index (κ3) is 1.85. The lowest BCUT2D eigenvalue weighted by Crippen LogP contribution is -2.00. The average Bonchev–Trinajstić information content (AvgIpc) is 2.67. The molecule has 0 unspecified atom stereocenters. The van der Waals surface area contributed by atoms with Gasteiger partial charge in [-0.15, -0.1) is 0 Å². The van der Waals surface area contributed by atoms with E-state index in [1.54, 1.807) is 0 Å². The number of aryl methyl sites for hydroxylation is 1. The molecule has 0 aliphatic heterocycles. The molecule has 1 aromatic heterocycles. The lowest BCUT2D eigenvalue weighted by Gasteiger charge is -2.07. The van der Waals surface area contributed by atoms with Crippen LogP contribution in [0.5, 0.6) is 0 Å². The first-order valence-corrected chi connectivity index (χ1v) is 6.50. The highest BCUT2D eigenvalue weighted by molar-refractivity contribution is 9.08. The number of fused-ring (bicyclic) bond motifs is 1.